The van der Waals surface area contributed by atoms with Crippen molar-refractivity contribution in [2.75, 3.05) is 11.1 Å². The van der Waals surface area contributed by atoms with Crippen LogP contribution in [0.15, 0.2) is 28.7 Å². The monoisotopic (exact) mass is 396 g/mol. The molecule has 1 rings (SSSR count). The summed E-state index contributed by atoms with van der Waals surface area (Å²) < 4.78 is 24.7. The van der Waals surface area contributed by atoms with E-state index >= 15 is 0 Å². The highest BCUT2D eigenvalue weighted by atomic mass is 79.9. The van der Waals surface area contributed by atoms with E-state index in [2.05, 4.69) is 31.9 Å². The number of alkyl halides is 1. The van der Waals surface area contributed by atoms with Gasteiger partial charge in [-0.15, -0.1) is 0 Å². The predicted octanol–water partition coefficient (Wildman–Crippen LogP) is 4.14. The third-order valence-electron chi connectivity index (χ3n) is 3.00. The van der Waals surface area contributed by atoms with Crippen LogP contribution in [0.3, 0.4) is 0 Å². The number of hydrogen-bond donors (Lipinski definition) is 0. The average Bonchev–Trinajstić information content (AvgIpc) is 2.31. The molecule has 0 saturated carbocycles. The van der Waals surface area contributed by atoms with Crippen LogP contribution < -0.4 is 0 Å². The second-order valence-electron chi connectivity index (χ2n) is 4.61. The molecule has 0 amide bonds. The SMILES string of the molecule is CC(C)S(=O)(=O)CCC(CBr)c1ccc(Br)cc1. The van der Waals surface area contributed by atoms with Crippen LogP contribution in [0.2, 0.25) is 0 Å². The molecule has 0 saturated heterocycles. The lowest BCUT2D eigenvalue weighted by Crippen LogP contribution is -2.19. The lowest BCUT2D eigenvalue weighted by molar-refractivity contribution is 0.580. The zero-order valence-corrected chi connectivity index (χ0v) is 14.6. The number of sulfone groups is 1. The minimum absolute atomic E-state index is 0.242. The van der Waals surface area contributed by atoms with E-state index in [1.165, 1.54) is 5.56 Å². The molecule has 18 heavy (non-hydrogen) atoms. The molecule has 5 heteroatoms. The van der Waals surface area contributed by atoms with Gasteiger partial charge in [0.2, 0.25) is 0 Å². The van der Waals surface area contributed by atoms with Crippen LogP contribution in [0, 0.1) is 0 Å². The maximum absolute atomic E-state index is 11.8. The Labute approximate surface area is 126 Å². The summed E-state index contributed by atoms with van der Waals surface area (Å²) in [6.07, 6.45) is 0.660. The first-order valence-corrected chi connectivity index (χ1v) is 9.53. The average molecular weight is 398 g/mol. The van der Waals surface area contributed by atoms with Gasteiger partial charge in [0.25, 0.3) is 0 Å². The molecule has 1 aromatic rings. The number of benzene rings is 1. The Hall–Kier alpha value is 0.130. The van der Waals surface area contributed by atoms with Crippen LogP contribution in [-0.2, 0) is 9.84 Å². The Bertz CT molecular complexity index is 466. The van der Waals surface area contributed by atoms with Gasteiger partial charge < -0.3 is 0 Å². The minimum Gasteiger partial charge on any atom is -0.229 e. The van der Waals surface area contributed by atoms with Gasteiger partial charge in [0.15, 0.2) is 9.84 Å². The van der Waals surface area contributed by atoms with Gasteiger partial charge >= 0.3 is 0 Å². The van der Waals surface area contributed by atoms with Crippen molar-refractivity contribution in [3.8, 4) is 0 Å². The van der Waals surface area contributed by atoms with Crippen molar-refractivity contribution in [2.45, 2.75) is 31.4 Å². The van der Waals surface area contributed by atoms with E-state index in [4.69, 9.17) is 0 Å². The third-order valence-corrected chi connectivity index (χ3v) is 6.55. The molecular weight excluding hydrogens is 380 g/mol. The minimum atomic E-state index is -2.95. The molecule has 102 valence electrons. The first kappa shape index (κ1) is 16.2. The van der Waals surface area contributed by atoms with E-state index in [1.807, 2.05) is 24.3 Å². The van der Waals surface area contributed by atoms with Crippen molar-refractivity contribution in [3.05, 3.63) is 34.3 Å². The lowest BCUT2D eigenvalue weighted by Gasteiger charge is -2.15. The summed E-state index contributed by atoms with van der Waals surface area (Å²) in [6, 6.07) is 8.06. The Balaban J connectivity index is 2.72. The summed E-state index contributed by atoms with van der Waals surface area (Å²) in [5.74, 6) is 0.489. The maximum atomic E-state index is 11.8. The highest BCUT2D eigenvalue weighted by Gasteiger charge is 2.19. The van der Waals surface area contributed by atoms with Crippen molar-refractivity contribution in [3.63, 3.8) is 0 Å². The molecule has 0 aliphatic rings. The van der Waals surface area contributed by atoms with Gasteiger partial charge in [-0.25, -0.2) is 8.42 Å². The van der Waals surface area contributed by atoms with Gasteiger partial charge in [0.05, 0.1) is 11.0 Å². The van der Waals surface area contributed by atoms with Crippen LogP contribution in [0.25, 0.3) is 0 Å². The second kappa shape index (κ2) is 7.06. The fourth-order valence-electron chi connectivity index (χ4n) is 1.61. The highest BCUT2D eigenvalue weighted by molar-refractivity contribution is 9.10. The van der Waals surface area contributed by atoms with Crippen molar-refractivity contribution >= 4 is 41.7 Å². The molecule has 0 spiro atoms. The molecule has 1 aromatic carbocycles. The summed E-state index contributed by atoms with van der Waals surface area (Å²) in [5.41, 5.74) is 1.18. The van der Waals surface area contributed by atoms with Gasteiger partial charge in [0, 0.05) is 9.80 Å². The molecule has 1 atom stereocenters. The normalized spacial score (nSPS) is 13.8. The van der Waals surface area contributed by atoms with E-state index in [0.717, 1.165) is 9.80 Å². The Kier molecular flexibility index (Phi) is 6.35. The van der Waals surface area contributed by atoms with E-state index in [1.54, 1.807) is 13.8 Å². The highest BCUT2D eigenvalue weighted by Crippen LogP contribution is 2.24. The fourth-order valence-corrected chi connectivity index (χ4v) is 3.66. The van der Waals surface area contributed by atoms with E-state index < -0.39 is 9.84 Å². The van der Waals surface area contributed by atoms with Gasteiger partial charge in [-0.05, 0) is 43.9 Å². The molecule has 0 heterocycles. The van der Waals surface area contributed by atoms with E-state index in [0.29, 0.717) is 6.42 Å². The summed E-state index contributed by atoms with van der Waals surface area (Å²) in [4.78, 5) is 0. The number of halogens is 2. The first-order chi connectivity index (χ1) is 8.36. The molecule has 2 nitrogen and oxygen atoms in total. The molecule has 1 unspecified atom stereocenters. The van der Waals surface area contributed by atoms with Crippen molar-refractivity contribution in [1.29, 1.82) is 0 Å². The van der Waals surface area contributed by atoms with Gasteiger partial charge in [0.1, 0.15) is 0 Å². The van der Waals surface area contributed by atoms with Crippen LogP contribution in [0.4, 0.5) is 0 Å². The predicted molar refractivity (Wildman–Crippen MR) is 84.2 cm³/mol. The smallest absolute Gasteiger partial charge is 0.152 e. The van der Waals surface area contributed by atoms with Crippen LogP contribution >= 0.6 is 31.9 Å². The van der Waals surface area contributed by atoms with E-state index in [9.17, 15) is 8.42 Å². The molecule has 0 fully saturated rings. The van der Waals surface area contributed by atoms with Gasteiger partial charge in [-0.2, -0.15) is 0 Å². The first-order valence-electron chi connectivity index (χ1n) is 5.90. The molecule has 0 radical (unpaired) electrons. The number of rotatable bonds is 6. The summed E-state index contributed by atoms with van der Waals surface area (Å²) in [5, 5.41) is 0.487. The Morgan fingerprint density at radius 1 is 1.17 bits per heavy atom. The molecular formula is C13H18Br2O2S. The summed E-state index contributed by atoms with van der Waals surface area (Å²) >= 11 is 6.87. The molecule has 0 aliphatic heterocycles. The number of hydrogen-bond acceptors (Lipinski definition) is 2. The standard InChI is InChI=1S/C13H18Br2O2S/c1-10(2)18(16,17)8-7-12(9-14)11-3-5-13(15)6-4-11/h3-6,10,12H,7-9H2,1-2H3. The van der Waals surface area contributed by atoms with Crippen molar-refractivity contribution in [2.24, 2.45) is 0 Å². The van der Waals surface area contributed by atoms with Gasteiger partial charge in [-0.3, -0.25) is 0 Å². The summed E-state index contributed by atoms with van der Waals surface area (Å²) in [6.45, 7) is 3.47. The third kappa shape index (κ3) is 4.67. The molecule has 0 aliphatic carbocycles. The van der Waals surface area contributed by atoms with Crippen molar-refractivity contribution in [1.82, 2.24) is 0 Å². The largest absolute Gasteiger partial charge is 0.229 e. The fraction of sp³-hybridized carbons (Fsp3) is 0.538. The van der Waals surface area contributed by atoms with Gasteiger partial charge in [-0.1, -0.05) is 44.0 Å². The van der Waals surface area contributed by atoms with E-state index in [-0.39, 0.29) is 16.9 Å². The van der Waals surface area contributed by atoms with Crippen LogP contribution in [0.5, 0.6) is 0 Å². The summed E-state index contributed by atoms with van der Waals surface area (Å²) in [7, 11) is -2.95. The topological polar surface area (TPSA) is 34.1 Å². The van der Waals surface area contributed by atoms with Crippen LogP contribution in [0.1, 0.15) is 31.7 Å². The Morgan fingerprint density at radius 3 is 2.17 bits per heavy atom. The molecule has 0 bridgehead atoms. The lowest BCUT2D eigenvalue weighted by atomic mass is 9.99. The molecule has 0 N–H and O–H groups in total. The maximum Gasteiger partial charge on any atom is 0.152 e. The zero-order valence-electron chi connectivity index (χ0n) is 10.6. The zero-order chi connectivity index (χ0) is 13.8. The van der Waals surface area contributed by atoms with Crippen molar-refractivity contribution < 1.29 is 8.42 Å². The van der Waals surface area contributed by atoms with Crippen LogP contribution in [-0.4, -0.2) is 24.8 Å². The second-order valence-corrected chi connectivity index (χ2v) is 8.85. The Morgan fingerprint density at radius 2 is 1.72 bits per heavy atom. The molecule has 0 aromatic heterocycles. The quantitative estimate of drug-likeness (QED) is 0.676.